The Morgan fingerprint density at radius 3 is 0.812 bits per heavy atom. The molecule has 15 aromatic carbocycles. The Morgan fingerprint density at radius 1 is 0.201 bits per heavy atom. The van der Waals surface area contributed by atoms with E-state index in [9.17, 15) is 0 Å². The van der Waals surface area contributed by atoms with Gasteiger partial charge in [0.1, 0.15) is 61.8 Å². The maximum Gasteiger partial charge on any atom is 0.131 e. The summed E-state index contributed by atoms with van der Waals surface area (Å²) in [6.45, 7) is 32.4. The van der Waals surface area contributed by atoms with Gasteiger partial charge in [0.2, 0.25) is 0 Å². The van der Waals surface area contributed by atoms with Gasteiger partial charge in [0.25, 0.3) is 0 Å². The average Bonchev–Trinajstić information content (AvgIpc) is 0.783. The molecule has 10 nitrogen and oxygen atoms in total. The van der Waals surface area contributed by atoms with Gasteiger partial charge in [0.15, 0.2) is 0 Å². The molecule has 5 fully saturated rings. The summed E-state index contributed by atoms with van der Waals surface area (Å²) in [4.78, 5) is 12.8. The van der Waals surface area contributed by atoms with E-state index in [0.717, 1.165) is 28.7 Å². The Kier molecular flexibility index (Phi) is 40.3. The van der Waals surface area contributed by atoms with Crippen LogP contribution in [0.15, 0.2) is 358 Å². The molecule has 15 aromatic rings. The molecule has 5 saturated heterocycles. The number of aryl methyl sites for hydroxylation is 5. The lowest BCUT2D eigenvalue weighted by Crippen LogP contribution is -2.32. The van der Waals surface area contributed by atoms with E-state index in [2.05, 4.69) is 414 Å². The molecule has 0 bridgehead atoms. The van der Waals surface area contributed by atoms with Gasteiger partial charge in [-0.3, -0.25) is 0 Å². The van der Waals surface area contributed by atoms with Crippen molar-refractivity contribution in [2.24, 2.45) is 0 Å². The minimum Gasteiger partial charge on any atom is -0.488 e. The van der Waals surface area contributed by atoms with E-state index < -0.39 is 0 Å². The number of nitrogens with zero attached hydrogens (tertiary/aromatic N) is 5. The Bertz CT molecular complexity index is 6400. The largest absolute Gasteiger partial charge is 0.488 e. The molecule has 15 heteroatoms. The number of rotatable bonds is 30. The van der Waals surface area contributed by atoms with Crippen molar-refractivity contribution in [3.8, 4) is 28.7 Å². The van der Waals surface area contributed by atoms with Crippen molar-refractivity contribution >= 4 is 124 Å². The number of hydrogen-bond acceptors (Lipinski definition) is 10. The zero-order chi connectivity index (χ0) is 99.3. The standard InChI is InChI=1S/C29H36NOP.C26H30NOP.2C25H28NOP.C24H26NOP/c1-22-19-24(29(2,3)4)28(31-21-23-13-7-5-8-14-23)27(20-22)32-26-16-10-9-15-25(26)30-17-11-6-12-18-30;1-20-17-21(2)26(28-19-22-11-5-3-6-12-22)25(18-20)29-24-14-8-7-13-23(24)27-15-9-4-10-16-27;1-20-11-10-16-24(25(20)27-19-21-12-4-2-5-13-21)28-23-15-7-6-14-22(23)26-17-8-3-9-18-26;1-20-14-15-23(27-19-21-10-4-2-5-11-21)25(18-20)28-24-13-7-6-12-22(24)26-16-8-3-9-17-26;1-3-11-20(12-4-1)19-26-22-14-6-8-16-24(22)27-23-15-7-5-13-21(23)25-17-9-2-10-18-25/h5,7-10,13-16,19-20,32H,6,11-12,17-18,21H2,1-4H3;3,5-8,11-14,17-18,29H,4,9-10,15-16,19H2,1-2H3;2,4-7,10-16,28H,3,8-9,17-19H2,1H3;2,4-7,10-15,18,28H,3,8-9,16-17,19H2,1H3;1,3-8,11-16,27H,2,9-10,17-19H2. The Morgan fingerprint density at radius 2 is 0.458 bits per heavy atom. The number of para-hydroxylation sites is 7. The molecular formula is C129H148N5O5P5. The molecule has 0 aromatic heterocycles. The highest BCUT2D eigenvalue weighted by Crippen LogP contribution is 2.39. The minimum atomic E-state index is 0.0175. The monoisotopic (exact) mass is 2000 g/mol. The summed E-state index contributed by atoms with van der Waals surface area (Å²) in [6.07, 6.45) is 19.8. The fourth-order valence-corrected chi connectivity index (χ4v) is 26.8. The smallest absolute Gasteiger partial charge is 0.131 e. The van der Waals surface area contributed by atoms with Crippen LogP contribution in [0.4, 0.5) is 28.4 Å². The predicted molar refractivity (Wildman–Crippen MR) is 629 cm³/mol. The summed E-state index contributed by atoms with van der Waals surface area (Å²) in [5.41, 5.74) is 20.6. The summed E-state index contributed by atoms with van der Waals surface area (Å²) in [6, 6.07) is 127. The zero-order valence-corrected chi connectivity index (χ0v) is 91.1. The fourth-order valence-electron chi connectivity index (χ4n) is 19.7. The van der Waals surface area contributed by atoms with Crippen LogP contribution < -0.4 is 101 Å². The highest BCUT2D eigenvalue weighted by molar-refractivity contribution is 7.57. The summed E-state index contributed by atoms with van der Waals surface area (Å²) in [7, 11) is 2.96. The van der Waals surface area contributed by atoms with Crippen LogP contribution in [0.3, 0.4) is 0 Å². The van der Waals surface area contributed by atoms with Gasteiger partial charge in [-0.25, -0.2) is 0 Å². The van der Waals surface area contributed by atoms with Gasteiger partial charge in [-0.2, -0.15) is 0 Å². The number of benzene rings is 15. The van der Waals surface area contributed by atoms with Gasteiger partial charge in [-0.05, 0) is 247 Å². The van der Waals surface area contributed by atoms with Crippen molar-refractivity contribution in [1.29, 1.82) is 0 Å². The van der Waals surface area contributed by atoms with Crippen molar-refractivity contribution in [2.45, 2.75) is 190 Å². The van der Waals surface area contributed by atoms with Crippen LogP contribution in [0.25, 0.3) is 0 Å². The maximum atomic E-state index is 6.59. The summed E-state index contributed by atoms with van der Waals surface area (Å²) >= 11 is 0. The topological polar surface area (TPSA) is 62.4 Å². The zero-order valence-electron chi connectivity index (χ0n) is 86.1. The van der Waals surface area contributed by atoms with Gasteiger partial charge in [-0.1, -0.05) is 366 Å². The van der Waals surface area contributed by atoms with E-state index in [-0.39, 0.29) is 5.41 Å². The van der Waals surface area contributed by atoms with Crippen molar-refractivity contribution in [3.63, 3.8) is 0 Å². The van der Waals surface area contributed by atoms with Crippen molar-refractivity contribution < 1.29 is 23.7 Å². The van der Waals surface area contributed by atoms with E-state index >= 15 is 0 Å². The van der Waals surface area contributed by atoms with Gasteiger partial charge in [-0.15, -0.1) is 0 Å². The molecule has 0 spiro atoms. The molecule has 744 valence electrons. The molecular weight excluding hydrogens is 1850 g/mol. The van der Waals surface area contributed by atoms with Gasteiger partial charge in [0, 0.05) is 152 Å². The maximum absolute atomic E-state index is 6.59. The van der Waals surface area contributed by atoms with Gasteiger partial charge < -0.3 is 48.2 Å². The Labute approximate surface area is 869 Å². The highest BCUT2D eigenvalue weighted by atomic mass is 31.1. The van der Waals surface area contributed by atoms with Crippen LogP contribution in [0.2, 0.25) is 0 Å². The van der Waals surface area contributed by atoms with E-state index in [1.807, 2.05) is 24.3 Å². The van der Waals surface area contributed by atoms with Crippen LogP contribution >= 0.6 is 42.9 Å². The van der Waals surface area contributed by atoms with E-state index in [0.29, 0.717) is 75.9 Å². The molecule has 0 N–H and O–H groups in total. The molecule has 5 aliphatic rings. The summed E-state index contributed by atoms with van der Waals surface area (Å²) < 4.78 is 31.7. The Balaban J connectivity index is 0.000000129. The average molecular weight is 2000 g/mol. The van der Waals surface area contributed by atoms with E-state index in [1.165, 1.54) is 304 Å². The third-order valence-corrected chi connectivity index (χ3v) is 33.9. The number of anilines is 5. The first-order valence-electron chi connectivity index (χ1n) is 52.6. The predicted octanol–water partition coefficient (Wildman–Crippen LogP) is 27.3. The van der Waals surface area contributed by atoms with Crippen molar-refractivity contribution in [3.05, 3.63) is 419 Å². The molecule has 0 saturated carbocycles. The first-order valence-corrected chi connectivity index (χ1v) is 57.6. The van der Waals surface area contributed by atoms with Crippen LogP contribution in [0.1, 0.15) is 178 Å². The lowest BCUT2D eigenvalue weighted by atomic mass is 9.85. The lowest BCUT2D eigenvalue weighted by molar-refractivity contribution is 0.300. The first kappa shape index (κ1) is 105. The molecule has 5 aliphatic heterocycles. The van der Waals surface area contributed by atoms with Crippen molar-refractivity contribution in [1.82, 2.24) is 0 Å². The molecule has 0 amide bonds. The second kappa shape index (κ2) is 55.1. The Hall–Kier alpha value is -11.6. The second-order valence-corrected chi connectivity index (χ2v) is 46.3. The van der Waals surface area contributed by atoms with Crippen molar-refractivity contribution in [2.75, 3.05) is 89.9 Å². The number of ether oxygens (including phenoxy) is 5. The number of piperidine rings is 5. The molecule has 5 heterocycles. The SMILES string of the molecule is Cc1cc(C)c(OCc2ccccc2)c(Pc2ccccc2N2CCCCC2)c1.Cc1cc(Pc2ccccc2N2CCCCC2)c(OCc2ccccc2)c(C(C)(C)C)c1.Cc1ccc(OCc2ccccc2)c(Pc2ccccc2N2CCCCC2)c1.Cc1cccc(Pc2ccccc2N2CCCCC2)c1OCc1ccccc1.c1ccc(COc2ccccc2Pc2ccccc2N2CCCCC2)cc1. The molecule has 5 atom stereocenters. The van der Waals surface area contributed by atoms with Gasteiger partial charge in [0.05, 0.1) is 0 Å². The second-order valence-electron chi connectivity index (χ2n) is 39.7. The van der Waals surface area contributed by atoms with E-state index in [4.69, 9.17) is 23.7 Å². The summed E-state index contributed by atoms with van der Waals surface area (Å²) in [5, 5.41) is 13.6. The fraction of sp³-hybridized carbons (Fsp3) is 0.302. The first-order chi connectivity index (χ1) is 70.6. The molecule has 5 unspecified atom stereocenters. The van der Waals surface area contributed by atoms with Crippen LogP contribution in [-0.2, 0) is 38.4 Å². The normalized spacial score (nSPS) is 14.6. The third-order valence-electron chi connectivity index (χ3n) is 27.2. The third kappa shape index (κ3) is 31.3. The van der Waals surface area contributed by atoms with Crippen LogP contribution in [0, 0.1) is 34.6 Å². The highest BCUT2D eigenvalue weighted by Gasteiger charge is 2.27. The molecule has 144 heavy (non-hydrogen) atoms. The van der Waals surface area contributed by atoms with Crippen LogP contribution in [0.5, 0.6) is 28.7 Å². The van der Waals surface area contributed by atoms with Crippen LogP contribution in [-0.4, -0.2) is 65.4 Å². The van der Waals surface area contributed by atoms with E-state index in [1.54, 1.807) is 0 Å². The molecule has 0 aliphatic carbocycles. The minimum absolute atomic E-state index is 0.0175. The summed E-state index contributed by atoms with van der Waals surface area (Å²) in [5.74, 6) is 5.15. The molecule has 0 radical (unpaired) electrons. The van der Waals surface area contributed by atoms with Gasteiger partial charge >= 0.3 is 0 Å². The molecule has 20 rings (SSSR count). The quantitative estimate of drug-likeness (QED) is 0.0407. The number of hydrogen-bond donors (Lipinski definition) is 0. The lowest BCUT2D eigenvalue weighted by Gasteiger charge is -2.31.